The van der Waals surface area contributed by atoms with Crippen LogP contribution in [0.1, 0.15) is 25.3 Å². The number of nitrogen functional groups attached to an aromatic ring is 1. The average molecular weight is 262 g/mol. The van der Waals surface area contributed by atoms with Crippen molar-refractivity contribution < 1.29 is 9.53 Å². The molecule has 0 saturated carbocycles. The van der Waals surface area contributed by atoms with Crippen molar-refractivity contribution in [1.82, 2.24) is 4.90 Å². The van der Waals surface area contributed by atoms with Gasteiger partial charge in [-0.1, -0.05) is 18.2 Å². The van der Waals surface area contributed by atoms with Gasteiger partial charge in [-0.15, -0.1) is 0 Å². The van der Waals surface area contributed by atoms with E-state index in [-0.39, 0.29) is 12.0 Å². The molecular weight excluding hydrogens is 240 g/mol. The first-order chi connectivity index (χ1) is 9.20. The molecule has 0 radical (unpaired) electrons. The zero-order valence-electron chi connectivity index (χ0n) is 11.5. The van der Waals surface area contributed by atoms with Gasteiger partial charge in [-0.25, -0.2) is 0 Å². The molecule has 2 rings (SSSR count). The molecule has 4 nitrogen and oxygen atoms in total. The molecule has 1 unspecified atom stereocenters. The zero-order chi connectivity index (χ0) is 13.7. The Bertz CT molecular complexity index is 428. The highest BCUT2D eigenvalue weighted by Crippen LogP contribution is 2.16. The maximum Gasteiger partial charge on any atom is 0.227 e. The van der Waals surface area contributed by atoms with Crippen molar-refractivity contribution in [2.45, 2.75) is 32.3 Å². The van der Waals surface area contributed by atoms with Crippen LogP contribution < -0.4 is 5.73 Å². The molecule has 0 bridgehead atoms. The van der Waals surface area contributed by atoms with Crippen molar-refractivity contribution in [1.29, 1.82) is 0 Å². The fourth-order valence-electron chi connectivity index (χ4n) is 2.41. The number of carbonyl (C=O) groups is 1. The Labute approximate surface area is 114 Å². The number of rotatable bonds is 5. The van der Waals surface area contributed by atoms with Crippen LogP contribution in [0.5, 0.6) is 0 Å². The lowest BCUT2D eigenvalue weighted by atomic mass is 10.1. The topological polar surface area (TPSA) is 55.6 Å². The van der Waals surface area contributed by atoms with Crippen LogP contribution in [0, 0.1) is 0 Å². The Balaban J connectivity index is 1.94. The van der Waals surface area contributed by atoms with Crippen molar-refractivity contribution in [2.24, 2.45) is 0 Å². The molecule has 0 aromatic heterocycles. The van der Waals surface area contributed by atoms with Crippen LogP contribution in [-0.4, -0.2) is 36.6 Å². The number of nitrogens with two attached hydrogens (primary N) is 1. The minimum atomic E-state index is 0.121. The number of amides is 1. The van der Waals surface area contributed by atoms with Gasteiger partial charge in [0.1, 0.15) is 0 Å². The number of likely N-dealkylation sites (N-methyl/N-ethyl adjacent to an activating group) is 1. The number of hydrogen-bond acceptors (Lipinski definition) is 3. The van der Waals surface area contributed by atoms with E-state index in [0.717, 1.165) is 25.0 Å². The van der Waals surface area contributed by atoms with Crippen LogP contribution in [0.25, 0.3) is 0 Å². The van der Waals surface area contributed by atoms with Gasteiger partial charge in [0.15, 0.2) is 0 Å². The summed E-state index contributed by atoms with van der Waals surface area (Å²) in [7, 11) is 0. The summed E-state index contributed by atoms with van der Waals surface area (Å²) in [6, 6.07) is 7.54. The van der Waals surface area contributed by atoms with E-state index in [1.54, 1.807) is 0 Å². The minimum absolute atomic E-state index is 0.121. The molecule has 1 heterocycles. The molecule has 1 fully saturated rings. The van der Waals surface area contributed by atoms with E-state index in [0.29, 0.717) is 25.2 Å². The summed E-state index contributed by atoms with van der Waals surface area (Å²) in [5.41, 5.74) is 7.46. The highest BCUT2D eigenvalue weighted by atomic mass is 16.5. The Kier molecular flexibility index (Phi) is 4.80. The predicted molar refractivity (Wildman–Crippen MR) is 75.8 cm³/mol. The first-order valence-corrected chi connectivity index (χ1v) is 6.93. The van der Waals surface area contributed by atoms with E-state index in [1.165, 1.54) is 0 Å². The van der Waals surface area contributed by atoms with Crippen molar-refractivity contribution in [2.75, 3.05) is 25.4 Å². The van der Waals surface area contributed by atoms with Crippen LogP contribution in [-0.2, 0) is 16.0 Å². The molecule has 2 N–H and O–H groups in total. The summed E-state index contributed by atoms with van der Waals surface area (Å²) < 4.78 is 5.59. The lowest BCUT2D eigenvalue weighted by molar-refractivity contribution is -0.131. The quantitative estimate of drug-likeness (QED) is 0.824. The van der Waals surface area contributed by atoms with Gasteiger partial charge in [-0.2, -0.15) is 0 Å². The second-order valence-corrected chi connectivity index (χ2v) is 4.94. The third kappa shape index (κ3) is 3.70. The maximum atomic E-state index is 12.3. The number of carbonyl (C=O) groups excluding carboxylic acids is 1. The van der Waals surface area contributed by atoms with Crippen LogP contribution in [0.3, 0.4) is 0 Å². The van der Waals surface area contributed by atoms with Gasteiger partial charge >= 0.3 is 0 Å². The fourth-order valence-corrected chi connectivity index (χ4v) is 2.41. The maximum absolute atomic E-state index is 12.3. The van der Waals surface area contributed by atoms with Gasteiger partial charge in [-0.3, -0.25) is 4.79 Å². The Hall–Kier alpha value is -1.55. The largest absolute Gasteiger partial charge is 0.398 e. The summed E-state index contributed by atoms with van der Waals surface area (Å²) in [5.74, 6) is 0.121. The highest BCUT2D eigenvalue weighted by molar-refractivity contribution is 5.80. The molecule has 1 atom stereocenters. The Morgan fingerprint density at radius 3 is 2.89 bits per heavy atom. The van der Waals surface area contributed by atoms with E-state index in [2.05, 4.69) is 0 Å². The molecule has 0 aliphatic carbocycles. The van der Waals surface area contributed by atoms with Gasteiger partial charge in [0.2, 0.25) is 5.91 Å². The molecule has 1 aliphatic heterocycles. The molecule has 1 aromatic carbocycles. The third-order valence-corrected chi connectivity index (χ3v) is 3.58. The second-order valence-electron chi connectivity index (χ2n) is 4.94. The SMILES string of the molecule is CCN(CC1CCCO1)C(=O)Cc1ccccc1N. The van der Waals surface area contributed by atoms with Gasteiger partial charge < -0.3 is 15.4 Å². The highest BCUT2D eigenvalue weighted by Gasteiger charge is 2.21. The van der Waals surface area contributed by atoms with Crippen molar-refractivity contribution in [3.05, 3.63) is 29.8 Å². The second kappa shape index (κ2) is 6.57. The van der Waals surface area contributed by atoms with Crippen LogP contribution in [0.4, 0.5) is 5.69 Å². The van der Waals surface area contributed by atoms with E-state index in [9.17, 15) is 4.79 Å². The first-order valence-electron chi connectivity index (χ1n) is 6.93. The number of benzene rings is 1. The third-order valence-electron chi connectivity index (χ3n) is 3.58. The van der Waals surface area contributed by atoms with Crippen molar-refractivity contribution >= 4 is 11.6 Å². The van der Waals surface area contributed by atoms with E-state index >= 15 is 0 Å². The lowest BCUT2D eigenvalue weighted by Gasteiger charge is -2.24. The number of anilines is 1. The normalized spacial score (nSPS) is 18.5. The van der Waals surface area contributed by atoms with Crippen molar-refractivity contribution in [3.8, 4) is 0 Å². The van der Waals surface area contributed by atoms with Crippen molar-refractivity contribution in [3.63, 3.8) is 0 Å². The average Bonchev–Trinajstić information content (AvgIpc) is 2.91. The molecular formula is C15H22N2O2. The number of para-hydroxylation sites is 1. The molecule has 104 valence electrons. The molecule has 1 saturated heterocycles. The molecule has 1 aliphatic rings. The Morgan fingerprint density at radius 1 is 1.47 bits per heavy atom. The van der Waals surface area contributed by atoms with Gasteiger partial charge in [0, 0.05) is 25.4 Å². The molecule has 1 amide bonds. The summed E-state index contributed by atoms with van der Waals surface area (Å²) in [6.45, 7) is 4.23. The summed E-state index contributed by atoms with van der Waals surface area (Å²) >= 11 is 0. The number of nitrogens with zero attached hydrogens (tertiary/aromatic N) is 1. The summed E-state index contributed by atoms with van der Waals surface area (Å²) in [4.78, 5) is 14.2. The minimum Gasteiger partial charge on any atom is -0.398 e. The van der Waals surface area contributed by atoms with E-state index < -0.39 is 0 Å². The van der Waals surface area contributed by atoms with Crippen LogP contribution >= 0.6 is 0 Å². The van der Waals surface area contributed by atoms with Gasteiger partial charge in [0.05, 0.1) is 12.5 Å². The standard InChI is InChI=1S/C15H22N2O2/c1-2-17(11-13-7-5-9-19-13)15(18)10-12-6-3-4-8-14(12)16/h3-4,6,8,13H,2,5,7,9-11,16H2,1H3. The smallest absolute Gasteiger partial charge is 0.227 e. The summed E-state index contributed by atoms with van der Waals surface area (Å²) in [5, 5.41) is 0. The van der Waals surface area contributed by atoms with Crippen LogP contribution in [0.15, 0.2) is 24.3 Å². The monoisotopic (exact) mass is 262 g/mol. The fraction of sp³-hybridized carbons (Fsp3) is 0.533. The molecule has 19 heavy (non-hydrogen) atoms. The summed E-state index contributed by atoms with van der Waals surface area (Å²) in [6.07, 6.45) is 2.73. The Morgan fingerprint density at radius 2 is 2.26 bits per heavy atom. The zero-order valence-corrected chi connectivity index (χ0v) is 11.5. The van der Waals surface area contributed by atoms with Crippen LogP contribution in [0.2, 0.25) is 0 Å². The van der Waals surface area contributed by atoms with Gasteiger partial charge in [0.25, 0.3) is 0 Å². The van der Waals surface area contributed by atoms with Gasteiger partial charge in [-0.05, 0) is 31.4 Å². The number of ether oxygens (including phenoxy) is 1. The predicted octanol–water partition coefficient (Wildman–Crippen LogP) is 1.84. The lowest BCUT2D eigenvalue weighted by Crippen LogP contribution is -2.38. The molecule has 1 aromatic rings. The first kappa shape index (κ1) is 13.9. The van der Waals surface area contributed by atoms with E-state index in [4.69, 9.17) is 10.5 Å². The molecule has 0 spiro atoms. The van der Waals surface area contributed by atoms with E-state index in [1.807, 2.05) is 36.1 Å². The number of hydrogen-bond donors (Lipinski definition) is 1. The molecule has 4 heteroatoms.